The minimum Gasteiger partial charge on any atom is -0.464 e. The van der Waals surface area contributed by atoms with Gasteiger partial charge in [-0.1, -0.05) is 91.0 Å². The molecule has 0 aromatic heterocycles. The van der Waals surface area contributed by atoms with E-state index >= 15 is 0 Å². The van der Waals surface area contributed by atoms with E-state index < -0.39 is 30.3 Å². The molecule has 5 nitrogen and oxygen atoms in total. The molecule has 3 aromatic rings. The molecule has 0 N–H and O–H groups in total. The molecule has 2 atom stereocenters. The quantitative estimate of drug-likeness (QED) is 0.551. The van der Waals surface area contributed by atoms with Crippen LogP contribution in [0.1, 0.15) is 35.8 Å². The molecule has 0 saturated carbocycles. The fourth-order valence-corrected chi connectivity index (χ4v) is 3.90. The number of esters is 1. The number of benzene rings is 3. The summed E-state index contributed by atoms with van der Waals surface area (Å²) in [5.74, 6) is -0.478. The van der Waals surface area contributed by atoms with Crippen LogP contribution in [0.25, 0.3) is 0 Å². The third kappa shape index (κ3) is 3.79. The van der Waals surface area contributed by atoms with Gasteiger partial charge in [-0.2, -0.15) is 0 Å². The first-order valence-corrected chi connectivity index (χ1v) is 10.0. The summed E-state index contributed by atoms with van der Waals surface area (Å²) in [4.78, 5) is 27.7. The summed E-state index contributed by atoms with van der Waals surface area (Å²) < 4.78 is 11.1. The Balaban J connectivity index is 1.83. The van der Waals surface area contributed by atoms with Gasteiger partial charge in [-0.15, -0.1) is 0 Å². The zero-order valence-corrected chi connectivity index (χ0v) is 16.7. The first-order valence-electron chi connectivity index (χ1n) is 10.0. The van der Waals surface area contributed by atoms with E-state index in [0.29, 0.717) is 0 Å². The van der Waals surface area contributed by atoms with Gasteiger partial charge >= 0.3 is 12.1 Å². The van der Waals surface area contributed by atoms with Gasteiger partial charge in [-0.25, -0.2) is 9.59 Å². The second kappa shape index (κ2) is 8.82. The predicted molar refractivity (Wildman–Crippen MR) is 113 cm³/mol. The van der Waals surface area contributed by atoms with E-state index in [4.69, 9.17) is 9.47 Å². The molecule has 0 aliphatic carbocycles. The van der Waals surface area contributed by atoms with Gasteiger partial charge in [0.05, 0.1) is 12.6 Å². The van der Waals surface area contributed by atoms with Crippen LogP contribution in [0.15, 0.2) is 91.0 Å². The average molecular weight is 401 g/mol. The Morgan fingerprint density at radius 1 is 0.900 bits per heavy atom. The van der Waals surface area contributed by atoms with E-state index in [1.165, 1.54) is 4.90 Å². The van der Waals surface area contributed by atoms with Crippen molar-refractivity contribution in [3.63, 3.8) is 0 Å². The van der Waals surface area contributed by atoms with E-state index in [1.54, 1.807) is 6.92 Å². The number of rotatable bonds is 6. The smallest absolute Gasteiger partial charge is 0.412 e. The Morgan fingerprint density at radius 2 is 1.40 bits per heavy atom. The maximum absolute atomic E-state index is 13.2. The molecule has 1 fully saturated rings. The lowest BCUT2D eigenvalue weighted by molar-refractivity contribution is -0.149. The van der Waals surface area contributed by atoms with Crippen LogP contribution in [0, 0.1) is 0 Å². The highest BCUT2D eigenvalue weighted by atomic mass is 16.6. The predicted octanol–water partition coefficient (Wildman–Crippen LogP) is 4.90. The van der Waals surface area contributed by atoms with Crippen molar-refractivity contribution in [3.8, 4) is 0 Å². The number of amides is 1. The van der Waals surface area contributed by atoms with Gasteiger partial charge in [0.15, 0.2) is 12.1 Å². The molecule has 0 radical (unpaired) electrons. The van der Waals surface area contributed by atoms with Crippen LogP contribution >= 0.6 is 0 Å². The van der Waals surface area contributed by atoms with E-state index in [2.05, 4.69) is 0 Å². The van der Waals surface area contributed by atoms with Crippen molar-refractivity contribution < 1.29 is 19.1 Å². The lowest BCUT2D eigenvalue weighted by atomic mass is 9.94. The highest BCUT2D eigenvalue weighted by Gasteiger charge is 2.51. The molecular formula is C25H23NO4. The minimum atomic E-state index is -0.898. The van der Waals surface area contributed by atoms with Crippen LogP contribution in [0.5, 0.6) is 0 Å². The first kappa shape index (κ1) is 19.7. The van der Waals surface area contributed by atoms with E-state index in [1.807, 2.05) is 91.0 Å². The summed E-state index contributed by atoms with van der Waals surface area (Å²) in [7, 11) is 0. The highest BCUT2D eigenvalue weighted by Crippen LogP contribution is 2.41. The molecule has 5 heteroatoms. The Labute approximate surface area is 175 Å². The van der Waals surface area contributed by atoms with Crippen LogP contribution in [0.4, 0.5) is 4.79 Å². The maximum Gasteiger partial charge on any atom is 0.412 e. The van der Waals surface area contributed by atoms with Crippen molar-refractivity contribution in [1.29, 1.82) is 0 Å². The summed E-state index contributed by atoms with van der Waals surface area (Å²) in [5, 5.41) is 0. The largest absolute Gasteiger partial charge is 0.464 e. The summed E-state index contributed by atoms with van der Waals surface area (Å²) >= 11 is 0. The minimum absolute atomic E-state index is 0.222. The Bertz CT molecular complexity index is 952. The van der Waals surface area contributed by atoms with E-state index in [0.717, 1.165) is 16.7 Å². The molecule has 0 unspecified atom stereocenters. The van der Waals surface area contributed by atoms with Gasteiger partial charge in [-0.3, -0.25) is 4.90 Å². The monoisotopic (exact) mass is 401 g/mol. The number of carbonyl (C=O) groups excluding carboxylic acids is 2. The lowest BCUT2D eigenvalue weighted by Gasteiger charge is -2.31. The van der Waals surface area contributed by atoms with Crippen LogP contribution in [-0.2, 0) is 14.3 Å². The number of carbonyl (C=O) groups is 2. The molecule has 0 bridgehead atoms. The molecule has 1 aliphatic rings. The number of cyclic esters (lactones) is 1. The third-order valence-corrected chi connectivity index (χ3v) is 5.19. The summed E-state index contributed by atoms with van der Waals surface area (Å²) in [6.07, 6.45) is -1.28. The Kier molecular flexibility index (Phi) is 5.80. The molecule has 0 spiro atoms. The topological polar surface area (TPSA) is 55.8 Å². The fourth-order valence-electron chi connectivity index (χ4n) is 3.90. The molecule has 1 saturated heterocycles. The molecule has 4 rings (SSSR count). The van der Waals surface area contributed by atoms with Gasteiger partial charge in [0.25, 0.3) is 0 Å². The number of hydrogen-bond acceptors (Lipinski definition) is 4. The molecule has 30 heavy (non-hydrogen) atoms. The maximum atomic E-state index is 13.2. The van der Waals surface area contributed by atoms with Crippen molar-refractivity contribution in [2.45, 2.75) is 25.1 Å². The van der Waals surface area contributed by atoms with Crippen molar-refractivity contribution in [2.24, 2.45) is 0 Å². The van der Waals surface area contributed by atoms with Crippen LogP contribution in [0.2, 0.25) is 0 Å². The van der Waals surface area contributed by atoms with Crippen molar-refractivity contribution in [2.75, 3.05) is 6.61 Å². The molecule has 1 amide bonds. The van der Waals surface area contributed by atoms with E-state index in [9.17, 15) is 9.59 Å². The van der Waals surface area contributed by atoms with Gasteiger partial charge in [0.2, 0.25) is 0 Å². The number of nitrogens with zero attached hydrogens (tertiary/aromatic N) is 1. The SMILES string of the molecule is CCOC(=O)[C@H]1[C@@H](c2ccccc2)OC(=O)N1C(c1ccccc1)c1ccccc1. The molecule has 1 aliphatic heterocycles. The summed E-state index contributed by atoms with van der Waals surface area (Å²) in [6.45, 7) is 1.98. The van der Waals surface area contributed by atoms with Crippen LogP contribution in [0.3, 0.4) is 0 Å². The van der Waals surface area contributed by atoms with E-state index in [-0.39, 0.29) is 6.61 Å². The van der Waals surface area contributed by atoms with Gasteiger partial charge in [0, 0.05) is 0 Å². The van der Waals surface area contributed by atoms with Crippen LogP contribution in [-0.4, -0.2) is 29.6 Å². The molecule has 152 valence electrons. The zero-order valence-electron chi connectivity index (χ0n) is 16.7. The second-order valence-electron chi connectivity index (χ2n) is 7.04. The molecule has 3 aromatic carbocycles. The normalized spacial score (nSPS) is 18.3. The Morgan fingerprint density at radius 3 is 1.90 bits per heavy atom. The molecule has 1 heterocycles. The first-order chi connectivity index (χ1) is 14.7. The Hall–Kier alpha value is -3.60. The van der Waals surface area contributed by atoms with Crippen molar-refractivity contribution in [1.82, 2.24) is 4.90 Å². The second-order valence-corrected chi connectivity index (χ2v) is 7.04. The average Bonchev–Trinajstić information content (AvgIpc) is 3.13. The summed E-state index contributed by atoms with van der Waals surface area (Å²) in [5.41, 5.74) is 2.54. The number of ether oxygens (including phenoxy) is 2. The summed E-state index contributed by atoms with van der Waals surface area (Å²) in [6, 6.07) is 27.2. The van der Waals surface area contributed by atoms with Crippen LogP contribution < -0.4 is 0 Å². The van der Waals surface area contributed by atoms with Crippen molar-refractivity contribution >= 4 is 12.1 Å². The van der Waals surface area contributed by atoms with Crippen molar-refractivity contribution in [3.05, 3.63) is 108 Å². The third-order valence-electron chi connectivity index (χ3n) is 5.19. The highest BCUT2D eigenvalue weighted by molar-refractivity contribution is 5.86. The zero-order chi connectivity index (χ0) is 20.9. The van der Waals surface area contributed by atoms with Gasteiger partial charge in [-0.05, 0) is 23.6 Å². The van der Waals surface area contributed by atoms with Gasteiger partial charge < -0.3 is 9.47 Å². The lowest BCUT2D eigenvalue weighted by Crippen LogP contribution is -2.44. The number of hydrogen-bond donors (Lipinski definition) is 0. The fraction of sp³-hybridized carbons (Fsp3) is 0.200. The molecular weight excluding hydrogens is 378 g/mol. The standard InChI is InChI=1S/C25H23NO4/c1-2-29-24(27)22-23(20-16-10-5-11-17-20)30-25(28)26(22)21(18-12-6-3-7-13-18)19-14-8-4-9-15-19/h3-17,21-23H,2H2,1H3/t22-,23-/m1/s1. The van der Waals surface area contributed by atoms with Gasteiger partial charge in [0.1, 0.15) is 0 Å².